The number of hydrogen-bond acceptors (Lipinski definition) is 0. The number of rotatable bonds is 5. The average molecular weight is 739 g/mol. The van der Waals surface area contributed by atoms with Gasteiger partial charge in [-0.1, -0.05) is 146 Å². The van der Waals surface area contributed by atoms with Gasteiger partial charge in [0.2, 0.25) is 0 Å². The second-order valence-corrected chi connectivity index (χ2v) is 15.6. The molecule has 12 rings (SSSR count). The van der Waals surface area contributed by atoms with Crippen LogP contribution in [0, 0.1) is 0 Å². The molecule has 9 aromatic carbocycles. The number of para-hydroxylation sites is 2. The molecule has 58 heavy (non-hydrogen) atoms. The van der Waals surface area contributed by atoms with Gasteiger partial charge >= 0.3 is 0 Å². The zero-order valence-corrected chi connectivity index (χ0v) is 31.9. The molecular weight excluding hydrogens is 701 g/mol. The summed E-state index contributed by atoms with van der Waals surface area (Å²) in [6, 6.07) is 76.0. The second-order valence-electron chi connectivity index (χ2n) is 15.6. The number of aromatic nitrogens is 2. The molecule has 0 radical (unpaired) electrons. The van der Waals surface area contributed by atoms with Crippen LogP contribution in [0.5, 0.6) is 0 Å². The van der Waals surface area contributed by atoms with Crippen molar-refractivity contribution in [3.8, 4) is 55.9 Å². The van der Waals surface area contributed by atoms with E-state index in [1.165, 1.54) is 105 Å². The van der Waals surface area contributed by atoms with Crippen LogP contribution in [-0.2, 0) is 12.8 Å². The summed E-state index contributed by atoms with van der Waals surface area (Å²) in [4.78, 5) is 0. The Balaban J connectivity index is 0.948. The second kappa shape index (κ2) is 13.1. The minimum absolute atomic E-state index is 1.06. The third-order valence-corrected chi connectivity index (χ3v) is 12.4. The number of nitrogens with zero attached hydrogens (tertiary/aromatic N) is 2. The van der Waals surface area contributed by atoms with Crippen molar-refractivity contribution in [3.63, 3.8) is 0 Å². The van der Waals surface area contributed by atoms with E-state index in [4.69, 9.17) is 0 Å². The Hall–Kier alpha value is -7.42. The van der Waals surface area contributed by atoms with Crippen molar-refractivity contribution in [2.75, 3.05) is 0 Å². The van der Waals surface area contributed by atoms with Crippen LogP contribution in [0.3, 0.4) is 0 Å². The van der Waals surface area contributed by atoms with E-state index in [9.17, 15) is 0 Å². The summed E-state index contributed by atoms with van der Waals surface area (Å²) in [5, 5.41) is 5.05. The SMILES string of the molecule is c1ccc(-c2ccccc2-c2ccc(-n3c4ccccc4c4cc(-c5ccc6c(c5)c5ccccc5n6-c5ccc6c(c5)CCc5ccccc5-6)ccc43)cc2)cc1. The molecule has 0 saturated heterocycles. The Morgan fingerprint density at radius 3 is 1.36 bits per heavy atom. The Labute approximate surface area is 337 Å². The molecule has 0 unspecified atom stereocenters. The molecule has 0 spiro atoms. The normalized spacial score (nSPS) is 12.3. The van der Waals surface area contributed by atoms with Crippen LogP contribution in [0.15, 0.2) is 206 Å². The number of benzene rings is 9. The van der Waals surface area contributed by atoms with Crippen LogP contribution in [-0.4, -0.2) is 9.13 Å². The van der Waals surface area contributed by atoms with Crippen molar-refractivity contribution in [1.82, 2.24) is 9.13 Å². The lowest BCUT2D eigenvalue weighted by molar-refractivity contribution is 0.938. The summed E-state index contributed by atoms with van der Waals surface area (Å²) in [5.74, 6) is 0. The van der Waals surface area contributed by atoms with Gasteiger partial charge in [-0.25, -0.2) is 0 Å². The molecule has 0 N–H and O–H groups in total. The maximum Gasteiger partial charge on any atom is 0.0541 e. The van der Waals surface area contributed by atoms with Crippen molar-refractivity contribution < 1.29 is 0 Å². The van der Waals surface area contributed by atoms with Gasteiger partial charge < -0.3 is 9.13 Å². The monoisotopic (exact) mass is 738 g/mol. The Bertz CT molecular complexity index is 3380. The van der Waals surface area contributed by atoms with E-state index >= 15 is 0 Å². The Morgan fingerprint density at radius 1 is 0.259 bits per heavy atom. The fourth-order valence-corrected chi connectivity index (χ4v) is 9.71. The van der Waals surface area contributed by atoms with E-state index in [0.29, 0.717) is 0 Å². The lowest BCUT2D eigenvalue weighted by Gasteiger charge is -2.21. The first kappa shape index (κ1) is 32.8. The zero-order chi connectivity index (χ0) is 38.2. The van der Waals surface area contributed by atoms with Gasteiger partial charge in [0.05, 0.1) is 22.1 Å². The molecule has 0 amide bonds. The van der Waals surface area contributed by atoms with Crippen LogP contribution in [0.4, 0.5) is 0 Å². The largest absolute Gasteiger partial charge is 0.309 e. The lowest BCUT2D eigenvalue weighted by atomic mass is 9.85. The first-order chi connectivity index (χ1) is 28.8. The van der Waals surface area contributed by atoms with Gasteiger partial charge in [-0.2, -0.15) is 0 Å². The molecule has 2 aromatic heterocycles. The number of fused-ring (bicyclic) bond motifs is 9. The third-order valence-electron chi connectivity index (χ3n) is 12.4. The molecule has 2 heterocycles. The smallest absolute Gasteiger partial charge is 0.0541 e. The van der Waals surface area contributed by atoms with Crippen LogP contribution in [0.2, 0.25) is 0 Å². The topological polar surface area (TPSA) is 9.86 Å². The van der Waals surface area contributed by atoms with E-state index < -0.39 is 0 Å². The van der Waals surface area contributed by atoms with Gasteiger partial charge in [0.1, 0.15) is 0 Å². The molecule has 2 nitrogen and oxygen atoms in total. The molecule has 272 valence electrons. The lowest BCUT2D eigenvalue weighted by Crippen LogP contribution is -2.05. The van der Waals surface area contributed by atoms with E-state index in [1.807, 2.05) is 0 Å². The maximum atomic E-state index is 2.46. The fraction of sp³-hybridized carbons (Fsp3) is 0.0357. The van der Waals surface area contributed by atoms with Gasteiger partial charge in [-0.05, 0) is 129 Å². The summed E-state index contributed by atoms with van der Waals surface area (Å²) >= 11 is 0. The van der Waals surface area contributed by atoms with E-state index in [1.54, 1.807) is 0 Å². The maximum absolute atomic E-state index is 2.46. The van der Waals surface area contributed by atoms with Crippen molar-refractivity contribution in [2.24, 2.45) is 0 Å². The van der Waals surface area contributed by atoms with Crippen molar-refractivity contribution in [1.29, 1.82) is 0 Å². The summed E-state index contributed by atoms with van der Waals surface area (Å²) < 4.78 is 4.87. The standard InChI is InChI=1S/C56H38N2/c1-2-12-37(13-3-1)45-16-6-7-17-47(45)39-24-28-43(29-25-39)57-53-20-10-8-18-49(53)51-35-40(26-32-55(51)57)41-27-33-56-52(36-41)50-19-9-11-21-54(50)58(56)44-30-31-48-42(34-44)23-22-38-14-4-5-15-46(38)48/h1-21,24-36H,22-23H2. The van der Waals surface area contributed by atoms with Gasteiger partial charge in [0.25, 0.3) is 0 Å². The molecule has 1 aliphatic carbocycles. The van der Waals surface area contributed by atoms with E-state index in [0.717, 1.165) is 18.5 Å². The van der Waals surface area contributed by atoms with Crippen LogP contribution in [0.25, 0.3) is 99.5 Å². The molecule has 0 aliphatic heterocycles. The highest BCUT2D eigenvalue weighted by Gasteiger charge is 2.20. The highest BCUT2D eigenvalue weighted by atomic mass is 15.0. The van der Waals surface area contributed by atoms with Gasteiger partial charge in [-0.3, -0.25) is 0 Å². The molecule has 11 aromatic rings. The highest BCUT2D eigenvalue weighted by molar-refractivity contribution is 6.12. The zero-order valence-electron chi connectivity index (χ0n) is 31.9. The highest BCUT2D eigenvalue weighted by Crippen LogP contribution is 2.41. The summed E-state index contributed by atoms with van der Waals surface area (Å²) in [6.45, 7) is 0. The predicted molar refractivity (Wildman–Crippen MR) is 244 cm³/mol. The summed E-state index contributed by atoms with van der Waals surface area (Å²) in [5.41, 5.74) is 20.2. The van der Waals surface area contributed by atoms with Gasteiger partial charge in [0, 0.05) is 32.9 Å². The number of hydrogen-bond donors (Lipinski definition) is 0. The first-order valence-electron chi connectivity index (χ1n) is 20.3. The Kier molecular flexibility index (Phi) is 7.39. The van der Waals surface area contributed by atoms with Gasteiger partial charge in [0.15, 0.2) is 0 Å². The number of aryl methyl sites for hydroxylation is 2. The third kappa shape index (κ3) is 5.12. The minimum Gasteiger partial charge on any atom is -0.309 e. The molecule has 0 atom stereocenters. The predicted octanol–water partition coefficient (Wildman–Crippen LogP) is 14.6. The molecule has 2 heteroatoms. The average Bonchev–Trinajstić information content (AvgIpc) is 3.81. The quantitative estimate of drug-likeness (QED) is 0.166. The molecule has 1 aliphatic rings. The van der Waals surface area contributed by atoms with Crippen molar-refractivity contribution in [3.05, 3.63) is 217 Å². The van der Waals surface area contributed by atoms with Crippen molar-refractivity contribution in [2.45, 2.75) is 12.8 Å². The van der Waals surface area contributed by atoms with E-state index in [2.05, 4.69) is 215 Å². The van der Waals surface area contributed by atoms with Crippen molar-refractivity contribution >= 4 is 43.6 Å². The summed E-state index contributed by atoms with van der Waals surface area (Å²) in [6.07, 6.45) is 2.15. The Morgan fingerprint density at radius 2 is 0.707 bits per heavy atom. The first-order valence-corrected chi connectivity index (χ1v) is 20.3. The molecular formula is C56H38N2. The molecule has 0 bridgehead atoms. The fourth-order valence-electron chi connectivity index (χ4n) is 9.71. The molecule has 0 saturated carbocycles. The minimum atomic E-state index is 1.06. The van der Waals surface area contributed by atoms with Gasteiger partial charge in [-0.15, -0.1) is 0 Å². The van der Waals surface area contributed by atoms with Crippen LogP contribution >= 0.6 is 0 Å². The van der Waals surface area contributed by atoms with E-state index in [-0.39, 0.29) is 0 Å². The van der Waals surface area contributed by atoms with Crippen LogP contribution in [0.1, 0.15) is 11.1 Å². The van der Waals surface area contributed by atoms with Crippen LogP contribution < -0.4 is 0 Å². The molecule has 0 fully saturated rings. The summed E-state index contributed by atoms with van der Waals surface area (Å²) in [7, 11) is 0.